The molecule has 0 amide bonds. The quantitative estimate of drug-likeness (QED) is 0.536. The van der Waals surface area contributed by atoms with Gasteiger partial charge in [-0.15, -0.1) is 4.94 Å². The fourth-order valence-corrected chi connectivity index (χ4v) is 7.44. The van der Waals surface area contributed by atoms with Crippen LogP contribution in [-0.2, 0) is 0 Å². The van der Waals surface area contributed by atoms with E-state index in [-0.39, 0.29) is 0 Å². The van der Waals surface area contributed by atoms with Gasteiger partial charge in [0.25, 0.3) is 14.1 Å². The molecule has 0 aliphatic rings. The summed E-state index contributed by atoms with van der Waals surface area (Å²) < 4.78 is 0. The van der Waals surface area contributed by atoms with Crippen LogP contribution < -0.4 is 0 Å². The van der Waals surface area contributed by atoms with Crippen molar-refractivity contribution in [3.05, 3.63) is 39.3 Å². The molecule has 1 rings (SSSR count). The SMILES string of the molecule is CC(=[CH][Al]([CH2]C(C)C)[CH2]C(C)C)c1c(C)cc(C)cc1C. The number of hydrogen-bond acceptors (Lipinski definition) is 0. The molecule has 0 heterocycles. The number of aryl methyl sites for hydroxylation is 3. The maximum absolute atomic E-state index is 2.67. The zero-order valence-corrected chi connectivity index (χ0v) is 16.5. The largest absolute Gasteiger partial charge is 0.295 e. The van der Waals surface area contributed by atoms with E-state index in [9.17, 15) is 0 Å². The van der Waals surface area contributed by atoms with Gasteiger partial charge in [-0.25, -0.2) is 0 Å². The Labute approximate surface area is 137 Å². The van der Waals surface area contributed by atoms with Crippen molar-refractivity contribution in [1.82, 2.24) is 0 Å². The predicted molar refractivity (Wildman–Crippen MR) is 99.3 cm³/mol. The van der Waals surface area contributed by atoms with Crippen molar-refractivity contribution in [2.45, 2.75) is 66.0 Å². The van der Waals surface area contributed by atoms with Gasteiger partial charge in [0.05, 0.1) is 0 Å². The molecular formula is C20H33Al. The van der Waals surface area contributed by atoms with Crippen LogP contribution >= 0.6 is 0 Å². The van der Waals surface area contributed by atoms with Gasteiger partial charge in [0, 0.05) is 0 Å². The molecule has 21 heavy (non-hydrogen) atoms. The van der Waals surface area contributed by atoms with Crippen LogP contribution in [0.4, 0.5) is 0 Å². The summed E-state index contributed by atoms with van der Waals surface area (Å²) in [5, 5.41) is 2.86. The molecule has 0 saturated heterocycles. The fraction of sp³-hybridized carbons (Fsp3) is 0.600. The van der Waals surface area contributed by atoms with Gasteiger partial charge in [-0.3, -0.25) is 0 Å². The lowest BCUT2D eigenvalue weighted by Crippen LogP contribution is -2.16. The lowest BCUT2D eigenvalue weighted by molar-refractivity contribution is 0.694. The molecule has 0 N–H and O–H groups in total. The van der Waals surface area contributed by atoms with E-state index in [1.165, 1.54) is 38.4 Å². The van der Waals surface area contributed by atoms with Crippen LogP contribution in [0.1, 0.15) is 56.9 Å². The van der Waals surface area contributed by atoms with Crippen LogP contribution in [0.5, 0.6) is 0 Å². The van der Waals surface area contributed by atoms with Crippen LogP contribution in [0.15, 0.2) is 17.1 Å². The summed E-state index contributed by atoms with van der Waals surface area (Å²) >= 11 is -0.793. The van der Waals surface area contributed by atoms with E-state index in [1.807, 2.05) is 0 Å². The van der Waals surface area contributed by atoms with Crippen LogP contribution in [-0.4, -0.2) is 14.1 Å². The average Bonchev–Trinajstić information content (AvgIpc) is 2.24. The highest BCUT2D eigenvalue weighted by Crippen LogP contribution is 2.26. The lowest BCUT2D eigenvalue weighted by Gasteiger charge is -2.17. The van der Waals surface area contributed by atoms with E-state index in [2.05, 4.69) is 72.5 Å². The van der Waals surface area contributed by atoms with E-state index in [1.54, 1.807) is 0 Å². The van der Waals surface area contributed by atoms with Gasteiger partial charge >= 0.3 is 0 Å². The molecule has 1 heteroatoms. The number of rotatable bonds is 6. The minimum atomic E-state index is -0.793. The summed E-state index contributed by atoms with van der Waals surface area (Å²) in [6, 6.07) is 4.64. The van der Waals surface area contributed by atoms with Crippen molar-refractivity contribution in [1.29, 1.82) is 0 Å². The molecule has 0 fully saturated rings. The second-order valence-electron chi connectivity index (χ2n) is 7.64. The Balaban J connectivity index is 3.10. The van der Waals surface area contributed by atoms with Crippen molar-refractivity contribution < 1.29 is 0 Å². The Hall–Kier alpha value is -0.508. The highest BCUT2D eigenvalue weighted by atomic mass is 27.2. The summed E-state index contributed by atoms with van der Waals surface area (Å²) in [6.45, 7) is 18.5. The average molecular weight is 300 g/mol. The molecule has 0 saturated carbocycles. The topological polar surface area (TPSA) is 0 Å². The first-order valence-electron chi connectivity index (χ1n) is 8.47. The Morgan fingerprint density at radius 1 is 0.952 bits per heavy atom. The molecule has 0 aliphatic carbocycles. The summed E-state index contributed by atoms with van der Waals surface area (Å²) in [4.78, 5) is 2.67. The van der Waals surface area contributed by atoms with Crippen LogP contribution in [0.2, 0.25) is 10.6 Å². The Kier molecular flexibility index (Phi) is 7.25. The normalized spacial score (nSPS) is 12.4. The second-order valence-corrected chi connectivity index (χ2v) is 10.4. The van der Waals surface area contributed by atoms with Crippen molar-refractivity contribution in [2.75, 3.05) is 0 Å². The number of benzene rings is 1. The molecule has 0 aromatic heterocycles. The van der Waals surface area contributed by atoms with Gasteiger partial charge in [0.1, 0.15) is 0 Å². The molecule has 0 bridgehead atoms. The minimum absolute atomic E-state index is 0.793. The third-order valence-corrected chi connectivity index (χ3v) is 8.17. The van der Waals surface area contributed by atoms with Gasteiger partial charge in [-0.2, -0.15) is 0 Å². The fourth-order valence-electron chi connectivity index (χ4n) is 3.68. The van der Waals surface area contributed by atoms with Gasteiger partial charge in [-0.1, -0.05) is 73.4 Å². The zero-order valence-electron chi connectivity index (χ0n) is 15.4. The third kappa shape index (κ3) is 6.01. The van der Waals surface area contributed by atoms with E-state index < -0.39 is 14.1 Å². The third-order valence-electron chi connectivity index (χ3n) is 4.11. The Morgan fingerprint density at radius 2 is 1.38 bits per heavy atom. The summed E-state index contributed by atoms with van der Waals surface area (Å²) in [5.41, 5.74) is 7.25. The standard InChI is InChI=1S/C12H15.2C4H9.Al/c1-8(2)12-10(4)6-9(3)7-11(12)5;2*1-4(2)3;/h1,6-7H,2-5H3;2*4H,1H2,2-3H3;. The van der Waals surface area contributed by atoms with Crippen molar-refractivity contribution in [3.8, 4) is 0 Å². The minimum Gasteiger partial charge on any atom is -0.141 e. The summed E-state index contributed by atoms with van der Waals surface area (Å²) in [5.74, 6) is 1.65. The number of hydrogen-bond donors (Lipinski definition) is 0. The molecule has 0 radical (unpaired) electrons. The molecule has 116 valence electrons. The molecule has 0 aliphatic heterocycles. The van der Waals surface area contributed by atoms with Gasteiger partial charge in [-0.05, 0) is 44.4 Å². The molecule has 1 aromatic carbocycles. The zero-order chi connectivity index (χ0) is 16.2. The van der Waals surface area contributed by atoms with Crippen LogP contribution in [0, 0.1) is 32.6 Å². The van der Waals surface area contributed by atoms with Gasteiger partial charge in [0.2, 0.25) is 0 Å². The van der Waals surface area contributed by atoms with Crippen LogP contribution in [0.25, 0.3) is 5.57 Å². The van der Waals surface area contributed by atoms with E-state index >= 15 is 0 Å². The van der Waals surface area contributed by atoms with Crippen molar-refractivity contribution in [3.63, 3.8) is 0 Å². The Morgan fingerprint density at radius 3 is 1.76 bits per heavy atom. The highest BCUT2D eigenvalue weighted by molar-refractivity contribution is 6.65. The number of allylic oxidation sites excluding steroid dienone is 1. The molecule has 1 aromatic rings. The maximum atomic E-state index is 2.67. The lowest BCUT2D eigenvalue weighted by atomic mass is 9.95. The molecule has 0 unspecified atom stereocenters. The molecular weight excluding hydrogens is 267 g/mol. The first kappa shape index (κ1) is 18.5. The summed E-state index contributed by atoms with van der Waals surface area (Å²) in [6.07, 6.45) is 0. The van der Waals surface area contributed by atoms with Crippen molar-refractivity contribution in [2.24, 2.45) is 11.8 Å². The van der Waals surface area contributed by atoms with Crippen LogP contribution in [0.3, 0.4) is 0 Å². The Bertz CT molecular complexity index is 462. The van der Waals surface area contributed by atoms with Crippen molar-refractivity contribution >= 4 is 19.7 Å². The van der Waals surface area contributed by atoms with E-state index in [0.29, 0.717) is 0 Å². The molecule has 0 spiro atoms. The smallest absolute Gasteiger partial charge is 0.141 e. The second kappa shape index (κ2) is 8.21. The summed E-state index contributed by atoms with van der Waals surface area (Å²) in [7, 11) is 0. The molecule has 0 atom stereocenters. The maximum Gasteiger partial charge on any atom is 0.295 e. The molecule has 0 nitrogen and oxygen atoms in total. The van der Waals surface area contributed by atoms with Gasteiger partial charge in [0.15, 0.2) is 0 Å². The van der Waals surface area contributed by atoms with E-state index in [4.69, 9.17) is 0 Å². The predicted octanol–water partition coefficient (Wildman–Crippen LogP) is 6.36. The first-order chi connectivity index (χ1) is 9.70. The highest BCUT2D eigenvalue weighted by Gasteiger charge is 2.19. The first-order valence-corrected chi connectivity index (χ1v) is 10.8. The van der Waals surface area contributed by atoms with Gasteiger partial charge < -0.3 is 0 Å². The monoisotopic (exact) mass is 300 g/mol. The van der Waals surface area contributed by atoms with E-state index in [0.717, 1.165) is 11.8 Å².